The summed E-state index contributed by atoms with van der Waals surface area (Å²) in [4.78, 5) is 30.2. The number of carbonyl (C=O) groups excluding carboxylic acids is 2. The van der Waals surface area contributed by atoms with Gasteiger partial charge in [0.2, 0.25) is 11.8 Å². The maximum absolute atomic E-state index is 13.2. The van der Waals surface area contributed by atoms with Gasteiger partial charge in [-0.1, -0.05) is 54.2 Å². The molecule has 4 rings (SSSR count). The lowest BCUT2D eigenvalue weighted by Crippen LogP contribution is -2.43. The number of imidazole rings is 1. The molecular weight excluding hydrogens is 429 g/mol. The summed E-state index contributed by atoms with van der Waals surface area (Å²) in [7, 11) is 0. The van der Waals surface area contributed by atoms with Crippen molar-refractivity contribution < 1.29 is 22.8 Å². The van der Waals surface area contributed by atoms with E-state index in [-0.39, 0.29) is 23.4 Å². The fourth-order valence-electron chi connectivity index (χ4n) is 3.31. The molecule has 10 heteroatoms. The molecule has 0 atom stereocenters. The van der Waals surface area contributed by atoms with E-state index in [1.165, 1.54) is 11.1 Å². The van der Waals surface area contributed by atoms with Gasteiger partial charge in [0.15, 0.2) is 5.16 Å². The standard InChI is InChI=1S/C21H17F3N4O2S/c22-21(23,24)13-28-17(14-6-2-1-3-7-14)10-25-20(28)31-12-19(30)27-11-18(29)26-15-8-4-5-9-16(15)27/h1-10H,11-13H2,(H,26,29). The van der Waals surface area contributed by atoms with E-state index < -0.39 is 18.6 Å². The van der Waals surface area contributed by atoms with Crippen LogP contribution in [0.4, 0.5) is 24.5 Å². The minimum atomic E-state index is -4.45. The highest BCUT2D eigenvalue weighted by atomic mass is 32.2. The highest BCUT2D eigenvalue weighted by Gasteiger charge is 2.32. The van der Waals surface area contributed by atoms with Crippen LogP contribution in [0.15, 0.2) is 66.0 Å². The van der Waals surface area contributed by atoms with Crippen molar-refractivity contribution in [1.82, 2.24) is 9.55 Å². The van der Waals surface area contributed by atoms with Crippen molar-refractivity contribution in [3.05, 3.63) is 60.8 Å². The molecule has 0 spiro atoms. The average molecular weight is 446 g/mol. The summed E-state index contributed by atoms with van der Waals surface area (Å²) in [6.07, 6.45) is -3.08. The Kier molecular flexibility index (Phi) is 5.73. The molecule has 0 saturated heterocycles. The van der Waals surface area contributed by atoms with E-state index >= 15 is 0 Å². The van der Waals surface area contributed by atoms with Crippen LogP contribution in [0.3, 0.4) is 0 Å². The number of para-hydroxylation sites is 2. The van der Waals surface area contributed by atoms with E-state index in [1.54, 1.807) is 54.6 Å². The minimum Gasteiger partial charge on any atom is -0.323 e. The quantitative estimate of drug-likeness (QED) is 0.597. The summed E-state index contributed by atoms with van der Waals surface area (Å²) in [5.74, 6) is -0.887. The summed E-state index contributed by atoms with van der Waals surface area (Å²) < 4.78 is 40.7. The second kappa shape index (κ2) is 8.46. The van der Waals surface area contributed by atoms with Gasteiger partial charge in [0, 0.05) is 0 Å². The number of thioether (sulfide) groups is 1. The first-order valence-corrected chi connectivity index (χ1v) is 10.3. The van der Waals surface area contributed by atoms with Crippen LogP contribution in [-0.4, -0.2) is 39.8 Å². The lowest BCUT2D eigenvalue weighted by Gasteiger charge is -2.29. The summed E-state index contributed by atoms with van der Waals surface area (Å²) in [6, 6.07) is 15.5. The van der Waals surface area contributed by atoms with Gasteiger partial charge in [0.25, 0.3) is 0 Å². The number of carbonyl (C=O) groups is 2. The Hall–Kier alpha value is -3.27. The maximum atomic E-state index is 13.2. The average Bonchev–Trinajstić information content (AvgIpc) is 3.12. The van der Waals surface area contributed by atoms with Crippen LogP contribution in [0, 0.1) is 0 Å². The van der Waals surface area contributed by atoms with Crippen molar-refractivity contribution in [3.63, 3.8) is 0 Å². The maximum Gasteiger partial charge on any atom is 0.406 e. The van der Waals surface area contributed by atoms with E-state index in [0.29, 0.717) is 22.6 Å². The first kappa shape index (κ1) is 21.0. The van der Waals surface area contributed by atoms with Gasteiger partial charge in [-0.25, -0.2) is 4.98 Å². The number of aromatic nitrogens is 2. The topological polar surface area (TPSA) is 67.2 Å². The van der Waals surface area contributed by atoms with Gasteiger partial charge >= 0.3 is 6.18 Å². The smallest absolute Gasteiger partial charge is 0.323 e. The molecule has 0 bridgehead atoms. The van der Waals surface area contributed by atoms with Crippen molar-refractivity contribution in [1.29, 1.82) is 0 Å². The predicted molar refractivity (Wildman–Crippen MR) is 112 cm³/mol. The lowest BCUT2D eigenvalue weighted by atomic mass is 10.2. The number of hydrogen-bond acceptors (Lipinski definition) is 4. The van der Waals surface area contributed by atoms with Crippen LogP contribution >= 0.6 is 11.8 Å². The van der Waals surface area contributed by atoms with Crippen molar-refractivity contribution in [2.75, 3.05) is 22.5 Å². The third-order valence-electron chi connectivity index (χ3n) is 4.62. The summed E-state index contributed by atoms with van der Waals surface area (Å²) in [5, 5.41) is 2.78. The number of benzene rings is 2. The molecule has 1 aromatic heterocycles. The van der Waals surface area contributed by atoms with Crippen LogP contribution in [0.1, 0.15) is 0 Å². The number of halogens is 3. The Balaban J connectivity index is 1.57. The van der Waals surface area contributed by atoms with E-state index in [9.17, 15) is 22.8 Å². The Morgan fingerprint density at radius 1 is 1.10 bits per heavy atom. The fraction of sp³-hybridized carbons (Fsp3) is 0.190. The molecule has 31 heavy (non-hydrogen) atoms. The molecule has 1 aliphatic heterocycles. The molecular formula is C21H17F3N4O2S. The second-order valence-electron chi connectivity index (χ2n) is 6.83. The number of anilines is 2. The van der Waals surface area contributed by atoms with E-state index in [2.05, 4.69) is 10.3 Å². The van der Waals surface area contributed by atoms with Crippen molar-refractivity contribution in [2.24, 2.45) is 0 Å². The molecule has 0 fully saturated rings. The molecule has 1 N–H and O–H groups in total. The number of alkyl halides is 3. The SMILES string of the molecule is O=C1CN(C(=O)CSc2ncc(-c3ccccc3)n2CC(F)(F)F)c2ccccc2N1. The number of nitrogens with zero attached hydrogens (tertiary/aromatic N) is 3. The molecule has 6 nitrogen and oxygen atoms in total. The van der Waals surface area contributed by atoms with Crippen LogP contribution in [-0.2, 0) is 16.1 Å². The number of fused-ring (bicyclic) bond motifs is 1. The van der Waals surface area contributed by atoms with Gasteiger partial charge in [-0.2, -0.15) is 13.2 Å². The van der Waals surface area contributed by atoms with Crippen LogP contribution in [0.5, 0.6) is 0 Å². The van der Waals surface area contributed by atoms with Gasteiger partial charge in [-0.15, -0.1) is 0 Å². The molecule has 2 amide bonds. The molecule has 3 aromatic rings. The number of amides is 2. The summed E-state index contributed by atoms with van der Waals surface area (Å²) >= 11 is 0.910. The van der Waals surface area contributed by atoms with Crippen LogP contribution in [0.2, 0.25) is 0 Å². The van der Waals surface area contributed by atoms with E-state index in [4.69, 9.17) is 0 Å². The minimum absolute atomic E-state index is 0.0827. The fourth-order valence-corrected chi connectivity index (χ4v) is 4.16. The van der Waals surface area contributed by atoms with Gasteiger partial charge in [0.05, 0.1) is 29.0 Å². The van der Waals surface area contributed by atoms with Crippen LogP contribution in [0.25, 0.3) is 11.3 Å². The van der Waals surface area contributed by atoms with Crippen LogP contribution < -0.4 is 10.2 Å². The molecule has 0 radical (unpaired) electrons. The predicted octanol–water partition coefficient (Wildman–Crippen LogP) is 4.19. The van der Waals surface area contributed by atoms with Crippen molar-refractivity contribution in [3.8, 4) is 11.3 Å². The Labute approximate surface area is 180 Å². The van der Waals surface area contributed by atoms with Gasteiger partial charge in [0.1, 0.15) is 13.1 Å². The molecule has 2 aromatic carbocycles. The van der Waals surface area contributed by atoms with Crippen molar-refractivity contribution in [2.45, 2.75) is 17.9 Å². The van der Waals surface area contributed by atoms with E-state index in [1.807, 2.05) is 0 Å². The zero-order chi connectivity index (χ0) is 22.0. The highest BCUT2D eigenvalue weighted by Crippen LogP contribution is 2.32. The largest absolute Gasteiger partial charge is 0.406 e. The van der Waals surface area contributed by atoms with Gasteiger partial charge < -0.3 is 14.8 Å². The third kappa shape index (κ3) is 4.74. The van der Waals surface area contributed by atoms with E-state index in [0.717, 1.165) is 16.3 Å². The number of rotatable bonds is 5. The Morgan fingerprint density at radius 3 is 2.55 bits per heavy atom. The first-order chi connectivity index (χ1) is 14.8. The molecule has 2 heterocycles. The first-order valence-electron chi connectivity index (χ1n) is 9.31. The van der Waals surface area contributed by atoms with Crippen molar-refractivity contribution >= 4 is 35.0 Å². The van der Waals surface area contributed by atoms with Gasteiger partial charge in [-0.05, 0) is 17.7 Å². The summed E-state index contributed by atoms with van der Waals surface area (Å²) in [5.41, 5.74) is 1.98. The second-order valence-corrected chi connectivity index (χ2v) is 7.77. The normalized spacial score (nSPS) is 13.6. The molecule has 0 saturated carbocycles. The zero-order valence-corrected chi connectivity index (χ0v) is 16.9. The zero-order valence-electron chi connectivity index (χ0n) is 16.1. The molecule has 160 valence electrons. The Bertz CT molecular complexity index is 1120. The summed E-state index contributed by atoms with van der Waals surface area (Å²) in [6.45, 7) is -1.37. The molecule has 1 aliphatic rings. The monoisotopic (exact) mass is 446 g/mol. The molecule has 0 aliphatic carbocycles. The third-order valence-corrected chi connectivity index (χ3v) is 5.60. The van der Waals surface area contributed by atoms with Gasteiger partial charge in [-0.3, -0.25) is 9.59 Å². The highest BCUT2D eigenvalue weighted by molar-refractivity contribution is 7.99. The Morgan fingerprint density at radius 2 is 1.81 bits per heavy atom. The lowest BCUT2D eigenvalue weighted by molar-refractivity contribution is -0.141. The number of hydrogen-bond donors (Lipinski definition) is 1. The number of nitrogens with one attached hydrogen (secondary N) is 1. The molecule has 0 unspecified atom stereocenters.